The number of nitrogens with one attached hydrogen (secondary N) is 1. The van der Waals surface area contributed by atoms with Crippen LogP contribution in [0.5, 0.6) is 0 Å². The van der Waals surface area contributed by atoms with Crippen molar-refractivity contribution in [1.82, 2.24) is 20.3 Å². The van der Waals surface area contributed by atoms with Crippen LogP contribution in [0.1, 0.15) is 49.5 Å². The Balaban J connectivity index is 1.90. The number of carboxylic acid groups (broad SMARTS) is 1. The van der Waals surface area contributed by atoms with E-state index >= 15 is 0 Å². The monoisotopic (exact) mass is 280 g/mol. The number of aliphatic carboxylic acids is 1. The minimum Gasteiger partial charge on any atom is -0.480 e. The second-order valence-electron chi connectivity index (χ2n) is 5.36. The summed E-state index contributed by atoms with van der Waals surface area (Å²) in [5.41, 5.74) is 0.161. The Kier molecular flexibility index (Phi) is 4.70. The summed E-state index contributed by atoms with van der Waals surface area (Å²) >= 11 is 0. The Labute approximate surface area is 117 Å². The molecule has 0 bridgehead atoms. The fourth-order valence-electron chi connectivity index (χ4n) is 2.65. The van der Waals surface area contributed by atoms with E-state index in [1.807, 2.05) is 6.92 Å². The molecule has 7 heteroatoms. The molecule has 1 aromatic heterocycles. The van der Waals surface area contributed by atoms with E-state index in [9.17, 15) is 9.59 Å². The number of hydrogen-bond acceptors (Lipinski definition) is 4. The first-order chi connectivity index (χ1) is 9.56. The Morgan fingerprint density at radius 3 is 2.80 bits per heavy atom. The summed E-state index contributed by atoms with van der Waals surface area (Å²) in [5, 5.41) is 18.9. The molecule has 7 nitrogen and oxygen atoms in total. The molecule has 1 amide bonds. The minimum atomic E-state index is -1.02. The third-order valence-corrected chi connectivity index (χ3v) is 3.78. The predicted molar refractivity (Wildman–Crippen MR) is 71.2 cm³/mol. The first-order valence-electron chi connectivity index (χ1n) is 6.99. The van der Waals surface area contributed by atoms with Gasteiger partial charge in [0.05, 0.1) is 6.20 Å². The molecule has 2 rings (SSSR count). The van der Waals surface area contributed by atoms with Gasteiger partial charge in [-0.2, -0.15) is 0 Å². The SMILES string of the molecule is CC(NC(=O)c1cn(CC(=O)O)nn1)C1CCCCC1. The molecule has 1 unspecified atom stereocenters. The number of hydrogen-bond donors (Lipinski definition) is 2. The minimum absolute atomic E-state index is 0.104. The van der Waals surface area contributed by atoms with Gasteiger partial charge < -0.3 is 10.4 Å². The van der Waals surface area contributed by atoms with E-state index < -0.39 is 5.97 Å². The number of carboxylic acids is 1. The van der Waals surface area contributed by atoms with Gasteiger partial charge in [0.1, 0.15) is 6.54 Å². The lowest BCUT2D eigenvalue weighted by Crippen LogP contribution is -2.39. The second kappa shape index (κ2) is 6.49. The molecule has 1 aliphatic carbocycles. The van der Waals surface area contributed by atoms with Crippen molar-refractivity contribution in [3.8, 4) is 0 Å². The summed E-state index contributed by atoms with van der Waals surface area (Å²) in [6, 6.07) is 0.104. The number of nitrogens with zero attached hydrogens (tertiary/aromatic N) is 3. The average Bonchev–Trinajstić information content (AvgIpc) is 2.87. The molecule has 0 aliphatic heterocycles. The molecule has 0 radical (unpaired) electrons. The van der Waals surface area contributed by atoms with Crippen LogP contribution in [-0.2, 0) is 11.3 Å². The standard InChI is InChI=1S/C13H20N4O3/c1-9(10-5-3-2-4-6-10)14-13(20)11-7-17(16-15-11)8-12(18)19/h7,9-10H,2-6,8H2,1H3,(H,14,20)(H,18,19). The van der Waals surface area contributed by atoms with Crippen LogP contribution >= 0.6 is 0 Å². The summed E-state index contributed by atoms with van der Waals surface area (Å²) in [4.78, 5) is 22.6. The number of carbonyl (C=O) groups excluding carboxylic acids is 1. The van der Waals surface area contributed by atoms with Crippen LogP contribution in [0.3, 0.4) is 0 Å². The van der Waals surface area contributed by atoms with Crippen molar-refractivity contribution in [2.75, 3.05) is 0 Å². The molecule has 2 N–H and O–H groups in total. The molecule has 1 atom stereocenters. The quantitative estimate of drug-likeness (QED) is 0.840. The summed E-state index contributed by atoms with van der Waals surface area (Å²) in [7, 11) is 0. The molecule has 0 saturated heterocycles. The van der Waals surface area contributed by atoms with E-state index in [0.29, 0.717) is 5.92 Å². The van der Waals surface area contributed by atoms with Crippen molar-refractivity contribution in [2.45, 2.75) is 51.6 Å². The maximum atomic E-state index is 12.0. The molecule has 0 spiro atoms. The van der Waals surface area contributed by atoms with Crippen LogP contribution in [0.4, 0.5) is 0 Å². The predicted octanol–water partition coefficient (Wildman–Crippen LogP) is 1.06. The maximum absolute atomic E-state index is 12.0. The van der Waals surface area contributed by atoms with Crippen molar-refractivity contribution in [1.29, 1.82) is 0 Å². The highest BCUT2D eigenvalue weighted by Gasteiger charge is 2.22. The molecule has 110 valence electrons. The summed E-state index contributed by atoms with van der Waals surface area (Å²) < 4.78 is 1.14. The van der Waals surface area contributed by atoms with Gasteiger partial charge in [-0.05, 0) is 25.7 Å². The first kappa shape index (κ1) is 14.5. The molecular weight excluding hydrogens is 260 g/mol. The van der Waals surface area contributed by atoms with Crippen molar-refractivity contribution >= 4 is 11.9 Å². The van der Waals surface area contributed by atoms with E-state index in [-0.39, 0.29) is 24.2 Å². The molecule has 1 aromatic rings. The van der Waals surface area contributed by atoms with Crippen molar-refractivity contribution < 1.29 is 14.7 Å². The Bertz CT molecular complexity index is 480. The lowest BCUT2D eigenvalue weighted by atomic mass is 9.84. The normalized spacial score (nSPS) is 17.6. The van der Waals surface area contributed by atoms with Gasteiger partial charge in [-0.3, -0.25) is 9.59 Å². The zero-order valence-corrected chi connectivity index (χ0v) is 11.6. The fraction of sp³-hybridized carbons (Fsp3) is 0.692. The van der Waals surface area contributed by atoms with Crippen LogP contribution in [0.15, 0.2) is 6.20 Å². The van der Waals surface area contributed by atoms with Gasteiger partial charge in [0.2, 0.25) is 0 Å². The highest BCUT2D eigenvalue weighted by atomic mass is 16.4. The van der Waals surface area contributed by atoms with Crippen LogP contribution in [-0.4, -0.2) is 38.0 Å². The van der Waals surface area contributed by atoms with Crippen LogP contribution < -0.4 is 5.32 Å². The third kappa shape index (κ3) is 3.79. The van der Waals surface area contributed by atoms with Gasteiger partial charge in [-0.25, -0.2) is 4.68 Å². The third-order valence-electron chi connectivity index (χ3n) is 3.78. The smallest absolute Gasteiger partial charge is 0.325 e. The fourth-order valence-corrected chi connectivity index (χ4v) is 2.65. The van der Waals surface area contributed by atoms with Crippen molar-refractivity contribution in [3.63, 3.8) is 0 Å². The molecule has 1 aliphatic rings. The second-order valence-corrected chi connectivity index (χ2v) is 5.36. The summed E-state index contributed by atoms with van der Waals surface area (Å²) in [5.74, 6) is -0.793. The van der Waals surface area contributed by atoms with Crippen LogP contribution in [0.25, 0.3) is 0 Å². The zero-order chi connectivity index (χ0) is 14.5. The number of aromatic nitrogens is 3. The molecule has 20 heavy (non-hydrogen) atoms. The number of rotatable bonds is 5. The molecular formula is C13H20N4O3. The van der Waals surface area contributed by atoms with Gasteiger partial charge in [0.15, 0.2) is 5.69 Å². The van der Waals surface area contributed by atoms with Crippen LogP contribution in [0, 0.1) is 5.92 Å². The van der Waals surface area contributed by atoms with E-state index in [1.165, 1.54) is 25.5 Å². The van der Waals surface area contributed by atoms with Crippen molar-refractivity contribution in [2.24, 2.45) is 5.92 Å². The summed E-state index contributed by atoms with van der Waals surface area (Å²) in [6.45, 7) is 1.72. The highest BCUT2D eigenvalue weighted by Crippen LogP contribution is 2.26. The van der Waals surface area contributed by atoms with Gasteiger partial charge in [0.25, 0.3) is 5.91 Å². The van der Waals surface area contributed by atoms with E-state index in [0.717, 1.165) is 17.5 Å². The van der Waals surface area contributed by atoms with E-state index in [1.54, 1.807) is 0 Å². The maximum Gasteiger partial charge on any atom is 0.325 e. The van der Waals surface area contributed by atoms with Crippen molar-refractivity contribution in [3.05, 3.63) is 11.9 Å². The molecule has 1 heterocycles. The number of carbonyl (C=O) groups is 2. The van der Waals surface area contributed by atoms with E-state index in [2.05, 4.69) is 15.6 Å². The number of amides is 1. The van der Waals surface area contributed by atoms with Gasteiger partial charge in [-0.1, -0.05) is 24.5 Å². The first-order valence-corrected chi connectivity index (χ1v) is 6.99. The largest absolute Gasteiger partial charge is 0.480 e. The average molecular weight is 280 g/mol. The van der Waals surface area contributed by atoms with Gasteiger partial charge in [-0.15, -0.1) is 5.10 Å². The molecule has 1 saturated carbocycles. The lowest BCUT2D eigenvalue weighted by Gasteiger charge is -2.27. The summed E-state index contributed by atoms with van der Waals surface area (Å²) in [6.07, 6.45) is 7.37. The van der Waals surface area contributed by atoms with Gasteiger partial charge >= 0.3 is 5.97 Å². The van der Waals surface area contributed by atoms with Crippen LogP contribution in [0.2, 0.25) is 0 Å². The van der Waals surface area contributed by atoms with Gasteiger partial charge in [0, 0.05) is 6.04 Å². The molecule has 0 aromatic carbocycles. The highest BCUT2D eigenvalue weighted by molar-refractivity contribution is 5.92. The zero-order valence-electron chi connectivity index (χ0n) is 11.6. The Morgan fingerprint density at radius 1 is 1.45 bits per heavy atom. The lowest BCUT2D eigenvalue weighted by molar-refractivity contribution is -0.137. The Morgan fingerprint density at radius 2 is 2.15 bits per heavy atom. The van der Waals surface area contributed by atoms with E-state index in [4.69, 9.17) is 5.11 Å². The topological polar surface area (TPSA) is 97.1 Å². The Hall–Kier alpha value is -1.92. The molecule has 1 fully saturated rings.